The van der Waals surface area contributed by atoms with Crippen LogP contribution in [0.5, 0.6) is 0 Å². The second-order valence-electron chi connectivity index (χ2n) is 8.84. The first kappa shape index (κ1) is 20.8. The van der Waals surface area contributed by atoms with Gasteiger partial charge >= 0.3 is 0 Å². The van der Waals surface area contributed by atoms with Gasteiger partial charge in [-0.2, -0.15) is 0 Å². The van der Waals surface area contributed by atoms with Crippen LogP contribution in [-0.4, -0.2) is 40.9 Å². The molecule has 1 fully saturated rings. The zero-order valence-electron chi connectivity index (χ0n) is 18.4. The molecule has 0 N–H and O–H groups in total. The fourth-order valence-electron chi connectivity index (χ4n) is 4.87. The van der Waals surface area contributed by atoms with E-state index in [0.29, 0.717) is 18.9 Å². The first-order valence-electron chi connectivity index (χ1n) is 11.6. The lowest BCUT2D eigenvalue weighted by molar-refractivity contribution is -0.132. The van der Waals surface area contributed by atoms with Gasteiger partial charge < -0.3 is 9.80 Å². The fraction of sp³-hybridized carbons (Fsp3) is 0.560. The summed E-state index contributed by atoms with van der Waals surface area (Å²) in [6, 6.07) is 10.2. The summed E-state index contributed by atoms with van der Waals surface area (Å²) in [4.78, 5) is 27.1. The van der Waals surface area contributed by atoms with Crippen molar-refractivity contribution in [2.24, 2.45) is 5.92 Å². The zero-order valence-corrected chi connectivity index (χ0v) is 18.4. The molecular weight excluding hydrogens is 372 g/mol. The Labute approximate surface area is 180 Å². The van der Waals surface area contributed by atoms with Crippen LogP contribution in [0.25, 0.3) is 11.4 Å². The number of carbonyl (C=O) groups excluding carboxylic acids is 1. The number of fused-ring (bicyclic) bond motifs is 1. The van der Waals surface area contributed by atoms with Crippen LogP contribution in [0.1, 0.15) is 63.1 Å². The van der Waals surface area contributed by atoms with Crippen LogP contribution >= 0.6 is 0 Å². The normalized spacial score (nSPS) is 16.5. The highest BCUT2D eigenvalue weighted by atomic mass is 16.2. The Morgan fingerprint density at radius 1 is 1.17 bits per heavy atom. The van der Waals surface area contributed by atoms with Gasteiger partial charge in [-0.3, -0.25) is 4.79 Å². The summed E-state index contributed by atoms with van der Waals surface area (Å²) >= 11 is 0. The Balaban J connectivity index is 1.56. The molecule has 1 aromatic heterocycles. The van der Waals surface area contributed by atoms with Crippen molar-refractivity contribution in [3.63, 3.8) is 0 Å². The summed E-state index contributed by atoms with van der Waals surface area (Å²) in [7, 11) is 2.10. The number of rotatable bonds is 7. The van der Waals surface area contributed by atoms with E-state index in [9.17, 15) is 4.79 Å². The zero-order chi connectivity index (χ0) is 20.9. The molecule has 160 valence electrons. The summed E-state index contributed by atoms with van der Waals surface area (Å²) < 4.78 is 0. The molecular formula is C25H34N4O. The van der Waals surface area contributed by atoms with Crippen molar-refractivity contribution in [1.29, 1.82) is 0 Å². The van der Waals surface area contributed by atoms with Gasteiger partial charge in [-0.25, -0.2) is 9.97 Å². The second kappa shape index (κ2) is 9.59. The fourth-order valence-corrected chi connectivity index (χ4v) is 4.87. The summed E-state index contributed by atoms with van der Waals surface area (Å²) in [5.74, 6) is 2.82. The van der Waals surface area contributed by atoms with E-state index in [-0.39, 0.29) is 0 Å². The van der Waals surface area contributed by atoms with Gasteiger partial charge in [-0.1, -0.05) is 62.9 Å². The van der Waals surface area contributed by atoms with Crippen molar-refractivity contribution in [2.75, 3.05) is 25.0 Å². The highest BCUT2D eigenvalue weighted by Gasteiger charge is 2.27. The minimum Gasteiger partial charge on any atom is -0.359 e. The van der Waals surface area contributed by atoms with Crippen LogP contribution in [0.2, 0.25) is 0 Å². The van der Waals surface area contributed by atoms with Crippen molar-refractivity contribution in [1.82, 2.24) is 14.9 Å². The average Bonchev–Trinajstić information content (AvgIpc) is 3.31. The van der Waals surface area contributed by atoms with Crippen molar-refractivity contribution < 1.29 is 4.79 Å². The number of carbonyl (C=O) groups is 1. The molecule has 2 aliphatic rings. The maximum atomic E-state index is 12.9. The van der Waals surface area contributed by atoms with E-state index in [0.717, 1.165) is 66.7 Å². The molecule has 1 amide bonds. The van der Waals surface area contributed by atoms with Gasteiger partial charge in [0.2, 0.25) is 5.91 Å². The van der Waals surface area contributed by atoms with E-state index < -0.39 is 0 Å². The summed E-state index contributed by atoms with van der Waals surface area (Å²) in [5, 5.41) is 0. The molecule has 0 saturated heterocycles. The first-order chi connectivity index (χ1) is 14.7. The Kier molecular flexibility index (Phi) is 6.66. The number of hydrogen-bond acceptors (Lipinski definition) is 4. The van der Waals surface area contributed by atoms with Gasteiger partial charge in [-0.15, -0.1) is 0 Å². The molecule has 1 aliphatic heterocycles. The van der Waals surface area contributed by atoms with Crippen LogP contribution in [-0.2, 0) is 17.8 Å². The van der Waals surface area contributed by atoms with Crippen LogP contribution in [0.4, 0.5) is 5.82 Å². The number of benzene rings is 1. The first-order valence-corrected chi connectivity index (χ1v) is 11.6. The molecule has 30 heavy (non-hydrogen) atoms. The standard InChI is InChI=1S/C25H34N4O/c1-3-16-28(2)25-21-18-29(23(30)14-13-19-9-7-8-10-19)17-15-22(21)26-24(27-25)20-11-5-4-6-12-20/h4-6,11-12,19H,3,7-10,13-18H2,1-2H3. The Hall–Kier alpha value is -2.43. The van der Waals surface area contributed by atoms with E-state index in [2.05, 4.69) is 31.0 Å². The van der Waals surface area contributed by atoms with E-state index >= 15 is 0 Å². The third-order valence-corrected chi connectivity index (χ3v) is 6.58. The summed E-state index contributed by atoms with van der Waals surface area (Å²) in [6.07, 6.45) is 8.88. The van der Waals surface area contributed by atoms with Gasteiger partial charge in [-0.05, 0) is 18.8 Å². The molecule has 0 unspecified atom stereocenters. The molecule has 0 bridgehead atoms. The smallest absolute Gasteiger partial charge is 0.222 e. The molecule has 1 saturated carbocycles. The highest BCUT2D eigenvalue weighted by molar-refractivity contribution is 5.77. The number of aromatic nitrogens is 2. The van der Waals surface area contributed by atoms with Gasteiger partial charge in [0.15, 0.2) is 5.82 Å². The van der Waals surface area contributed by atoms with E-state index in [4.69, 9.17) is 9.97 Å². The number of nitrogens with zero attached hydrogens (tertiary/aromatic N) is 4. The molecule has 5 nitrogen and oxygen atoms in total. The minimum atomic E-state index is 0.295. The third-order valence-electron chi connectivity index (χ3n) is 6.58. The topological polar surface area (TPSA) is 49.3 Å². The van der Waals surface area contributed by atoms with Crippen LogP contribution < -0.4 is 4.90 Å². The summed E-state index contributed by atoms with van der Waals surface area (Å²) in [5.41, 5.74) is 3.27. The molecule has 2 heterocycles. The largest absolute Gasteiger partial charge is 0.359 e. The minimum absolute atomic E-state index is 0.295. The van der Waals surface area contributed by atoms with Gasteiger partial charge in [0, 0.05) is 44.1 Å². The third kappa shape index (κ3) is 4.66. The Bertz CT molecular complexity index is 861. The maximum Gasteiger partial charge on any atom is 0.222 e. The van der Waals surface area contributed by atoms with Crippen molar-refractivity contribution in [3.8, 4) is 11.4 Å². The summed E-state index contributed by atoms with van der Waals surface area (Å²) in [6.45, 7) is 4.52. The van der Waals surface area contributed by atoms with Crippen LogP contribution in [0, 0.1) is 5.92 Å². The van der Waals surface area contributed by atoms with E-state index in [1.165, 1.54) is 25.7 Å². The van der Waals surface area contributed by atoms with Crippen molar-refractivity contribution >= 4 is 11.7 Å². The highest BCUT2D eigenvalue weighted by Crippen LogP contribution is 2.31. The van der Waals surface area contributed by atoms with E-state index in [1.807, 2.05) is 23.1 Å². The number of amides is 1. The van der Waals surface area contributed by atoms with E-state index in [1.54, 1.807) is 0 Å². The molecule has 0 radical (unpaired) electrons. The second-order valence-corrected chi connectivity index (χ2v) is 8.84. The lowest BCUT2D eigenvalue weighted by atomic mass is 10.00. The quantitative estimate of drug-likeness (QED) is 0.660. The van der Waals surface area contributed by atoms with Crippen LogP contribution in [0.15, 0.2) is 30.3 Å². The SMILES string of the molecule is CCCN(C)c1nc(-c2ccccc2)nc2c1CN(C(=O)CCC1CCCC1)CC2. The predicted molar refractivity (Wildman–Crippen MR) is 121 cm³/mol. The molecule has 0 spiro atoms. The molecule has 0 atom stereocenters. The van der Waals surface area contributed by atoms with Gasteiger partial charge in [0.05, 0.1) is 12.2 Å². The van der Waals surface area contributed by atoms with Crippen LogP contribution in [0.3, 0.4) is 0 Å². The lowest BCUT2D eigenvalue weighted by Gasteiger charge is -2.32. The van der Waals surface area contributed by atoms with Crippen molar-refractivity contribution in [3.05, 3.63) is 41.6 Å². The molecule has 5 heteroatoms. The molecule has 1 aromatic carbocycles. The monoisotopic (exact) mass is 406 g/mol. The average molecular weight is 407 g/mol. The lowest BCUT2D eigenvalue weighted by Crippen LogP contribution is -2.38. The Morgan fingerprint density at radius 3 is 2.67 bits per heavy atom. The van der Waals surface area contributed by atoms with Crippen molar-refractivity contribution in [2.45, 2.75) is 64.8 Å². The van der Waals surface area contributed by atoms with Gasteiger partial charge in [0.25, 0.3) is 0 Å². The number of hydrogen-bond donors (Lipinski definition) is 0. The Morgan fingerprint density at radius 2 is 1.93 bits per heavy atom. The molecule has 2 aromatic rings. The molecule has 1 aliphatic carbocycles. The maximum absolute atomic E-state index is 12.9. The van der Waals surface area contributed by atoms with Gasteiger partial charge in [0.1, 0.15) is 5.82 Å². The number of anilines is 1. The molecule has 4 rings (SSSR count). The predicted octanol–water partition coefficient (Wildman–Crippen LogP) is 4.84.